The zero-order valence-corrected chi connectivity index (χ0v) is 17.3. The first kappa shape index (κ1) is 19.8. The molecule has 2 heterocycles. The molecular formula is C19H15BrClFN4O3. The lowest BCUT2D eigenvalue weighted by molar-refractivity contribution is -0.384. The monoisotopic (exact) mass is 480 g/mol. The van der Waals surface area contributed by atoms with Crippen LogP contribution in [0.2, 0.25) is 5.02 Å². The van der Waals surface area contributed by atoms with Gasteiger partial charge in [0.2, 0.25) is 0 Å². The summed E-state index contributed by atoms with van der Waals surface area (Å²) in [6, 6.07) is 7.69. The summed E-state index contributed by atoms with van der Waals surface area (Å²) in [4.78, 5) is 17.4. The van der Waals surface area contributed by atoms with E-state index in [1.807, 2.05) is 0 Å². The highest BCUT2D eigenvalue weighted by molar-refractivity contribution is 9.10. The first-order valence-electron chi connectivity index (χ1n) is 8.76. The number of rotatable bonds is 4. The van der Waals surface area contributed by atoms with Crippen molar-refractivity contribution in [2.75, 3.05) is 36.5 Å². The highest BCUT2D eigenvalue weighted by Crippen LogP contribution is 2.41. The number of nitro groups is 1. The summed E-state index contributed by atoms with van der Waals surface area (Å²) in [5.74, 6) is -0.522. The summed E-state index contributed by atoms with van der Waals surface area (Å²) in [7, 11) is 0. The summed E-state index contributed by atoms with van der Waals surface area (Å²) < 4.78 is 19.9. The number of nitro benzene ring substituents is 1. The fraction of sp³-hybridized carbons (Fsp3) is 0.211. The third-order valence-electron chi connectivity index (χ3n) is 4.67. The minimum atomic E-state index is -0.522. The van der Waals surface area contributed by atoms with E-state index in [9.17, 15) is 14.5 Å². The van der Waals surface area contributed by atoms with Gasteiger partial charge in [-0.05, 0) is 46.3 Å². The molecule has 0 amide bonds. The number of anilines is 3. The zero-order valence-electron chi connectivity index (χ0n) is 15.0. The van der Waals surface area contributed by atoms with Gasteiger partial charge in [-0.1, -0.05) is 11.6 Å². The van der Waals surface area contributed by atoms with E-state index < -0.39 is 10.7 Å². The third kappa shape index (κ3) is 3.85. The molecule has 2 aromatic carbocycles. The van der Waals surface area contributed by atoms with Crippen LogP contribution in [0.3, 0.4) is 0 Å². The molecule has 0 saturated carbocycles. The van der Waals surface area contributed by atoms with Crippen LogP contribution in [0.15, 0.2) is 41.0 Å². The molecule has 1 fully saturated rings. The van der Waals surface area contributed by atoms with E-state index in [2.05, 4.69) is 31.1 Å². The first-order chi connectivity index (χ1) is 14.0. The average Bonchev–Trinajstić information content (AvgIpc) is 2.71. The highest BCUT2D eigenvalue weighted by Gasteiger charge is 2.24. The lowest BCUT2D eigenvalue weighted by Gasteiger charge is -2.29. The Labute approximate surface area is 178 Å². The van der Waals surface area contributed by atoms with Crippen molar-refractivity contribution >= 4 is 61.2 Å². The number of hydrogen-bond donors (Lipinski definition) is 1. The summed E-state index contributed by atoms with van der Waals surface area (Å²) >= 11 is 9.59. The molecule has 10 heteroatoms. The van der Waals surface area contributed by atoms with Gasteiger partial charge in [0.05, 0.1) is 33.3 Å². The molecule has 1 saturated heterocycles. The van der Waals surface area contributed by atoms with Gasteiger partial charge in [-0.2, -0.15) is 0 Å². The number of nitrogens with one attached hydrogen (secondary N) is 1. The molecule has 0 spiro atoms. The number of aromatic nitrogens is 1. The molecule has 0 atom stereocenters. The second-order valence-electron chi connectivity index (χ2n) is 6.42. The predicted molar refractivity (Wildman–Crippen MR) is 114 cm³/mol. The highest BCUT2D eigenvalue weighted by atomic mass is 79.9. The molecule has 0 aliphatic carbocycles. The number of ether oxygens (including phenoxy) is 1. The molecule has 150 valence electrons. The maximum absolute atomic E-state index is 14.2. The topological polar surface area (TPSA) is 80.5 Å². The van der Waals surface area contributed by atoms with Crippen molar-refractivity contribution in [1.82, 2.24) is 4.98 Å². The van der Waals surface area contributed by atoms with E-state index in [-0.39, 0.29) is 16.9 Å². The van der Waals surface area contributed by atoms with E-state index in [1.165, 1.54) is 18.3 Å². The van der Waals surface area contributed by atoms with Gasteiger partial charge >= 0.3 is 5.69 Å². The number of morpholine rings is 1. The summed E-state index contributed by atoms with van der Waals surface area (Å²) in [5, 5.41) is 15.4. The Bertz CT molecular complexity index is 1110. The molecule has 1 aliphatic rings. The van der Waals surface area contributed by atoms with Gasteiger partial charge in [-0.25, -0.2) is 4.39 Å². The van der Waals surface area contributed by atoms with Crippen molar-refractivity contribution in [3.63, 3.8) is 0 Å². The van der Waals surface area contributed by atoms with Gasteiger partial charge < -0.3 is 15.0 Å². The summed E-state index contributed by atoms with van der Waals surface area (Å²) in [5.41, 5.74) is 1.46. The molecule has 0 bridgehead atoms. The maximum Gasteiger partial charge on any atom is 0.306 e. The standard InChI is InChI=1S/C19H15BrClFN4O3/c20-12-9-11(25-5-7-29-8-6-25)10-16(19(12)26(27)28)24-15-3-4-23-18-14(22)2-1-13(21)17(15)18/h1-4,9-10H,5-8H2,(H,23,24). The number of halogens is 3. The van der Waals surface area contributed by atoms with Gasteiger partial charge in [0, 0.05) is 30.4 Å². The molecule has 7 nitrogen and oxygen atoms in total. The lowest BCUT2D eigenvalue weighted by atomic mass is 10.1. The summed E-state index contributed by atoms with van der Waals surface area (Å²) in [6.07, 6.45) is 1.43. The van der Waals surface area contributed by atoms with Crippen LogP contribution in [0.1, 0.15) is 0 Å². The van der Waals surface area contributed by atoms with Crippen molar-refractivity contribution in [2.24, 2.45) is 0 Å². The van der Waals surface area contributed by atoms with E-state index in [1.54, 1.807) is 18.2 Å². The minimum Gasteiger partial charge on any atom is -0.378 e. The largest absolute Gasteiger partial charge is 0.378 e. The average molecular weight is 482 g/mol. The third-order valence-corrected chi connectivity index (χ3v) is 5.59. The SMILES string of the molecule is O=[N+]([O-])c1c(Br)cc(N2CCOCC2)cc1Nc1ccnc2c(F)ccc(Cl)c12. The molecule has 4 rings (SSSR count). The van der Waals surface area contributed by atoms with Crippen LogP contribution >= 0.6 is 27.5 Å². The van der Waals surface area contributed by atoms with Crippen molar-refractivity contribution < 1.29 is 14.1 Å². The molecule has 1 aliphatic heterocycles. The van der Waals surface area contributed by atoms with Gasteiger partial charge in [0.15, 0.2) is 0 Å². The van der Waals surface area contributed by atoms with Crippen LogP contribution in [0, 0.1) is 15.9 Å². The molecular weight excluding hydrogens is 467 g/mol. The molecule has 1 N–H and O–H groups in total. The number of benzene rings is 2. The van der Waals surface area contributed by atoms with E-state index in [0.717, 1.165) is 5.69 Å². The maximum atomic E-state index is 14.2. The number of pyridine rings is 1. The molecule has 1 aromatic heterocycles. The Kier molecular flexibility index (Phi) is 5.53. The smallest absolute Gasteiger partial charge is 0.306 e. The van der Waals surface area contributed by atoms with E-state index in [4.69, 9.17) is 16.3 Å². The van der Waals surface area contributed by atoms with Crippen LogP contribution in [0.5, 0.6) is 0 Å². The van der Waals surface area contributed by atoms with Crippen molar-refractivity contribution in [3.05, 3.63) is 62.0 Å². The Morgan fingerprint density at radius 2 is 2.00 bits per heavy atom. The van der Waals surface area contributed by atoms with Crippen molar-refractivity contribution in [2.45, 2.75) is 0 Å². The zero-order chi connectivity index (χ0) is 20.5. The van der Waals surface area contributed by atoms with Crippen LogP contribution < -0.4 is 10.2 Å². The van der Waals surface area contributed by atoms with Crippen molar-refractivity contribution in [3.8, 4) is 0 Å². The molecule has 0 radical (unpaired) electrons. The Hall–Kier alpha value is -2.49. The van der Waals surface area contributed by atoms with Gasteiger partial charge in [-0.3, -0.25) is 15.1 Å². The molecule has 0 unspecified atom stereocenters. The van der Waals surface area contributed by atoms with Crippen LogP contribution in [-0.4, -0.2) is 36.2 Å². The first-order valence-corrected chi connectivity index (χ1v) is 9.93. The Balaban J connectivity index is 1.84. The number of nitrogens with zero attached hydrogens (tertiary/aromatic N) is 3. The molecule has 29 heavy (non-hydrogen) atoms. The van der Waals surface area contributed by atoms with Crippen molar-refractivity contribution in [1.29, 1.82) is 0 Å². The lowest BCUT2D eigenvalue weighted by Crippen LogP contribution is -2.36. The van der Waals surface area contributed by atoms with Crippen LogP contribution in [0.25, 0.3) is 10.9 Å². The Morgan fingerprint density at radius 1 is 1.24 bits per heavy atom. The van der Waals surface area contributed by atoms with E-state index >= 15 is 0 Å². The quantitative estimate of drug-likeness (QED) is 0.403. The Morgan fingerprint density at radius 3 is 2.72 bits per heavy atom. The summed E-state index contributed by atoms with van der Waals surface area (Å²) in [6.45, 7) is 2.53. The second-order valence-corrected chi connectivity index (χ2v) is 7.68. The predicted octanol–water partition coefficient (Wildman–Crippen LogP) is 5.28. The van der Waals surface area contributed by atoms with Crippen LogP contribution in [-0.2, 0) is 4.74 Å². The minimum absolute atomic E-state index is 0.0913. The van der Waals surface area contributed by atoms with Gasteiger partial charge in [-0.15, -0.1) is 0 Å². The van der Waals surface area contributed by atoms with Gasteiger partial charge in [0.1, 0.15) is 17.0 Å². The number of fused-ring (bicyclic) bond motifs is 1. The van der Waals surface area contributed by atoms with Gasteiger partial charge in [0.25, 0.3) is 0 Å². The van der Waals surface area contributed by atoms with Crippen LogP contribution in [0.4, 0.5) is 27.1 Å². The molecule has 3 aromatic rings. The second kappa shape index (κ2) is 8.10. The van der Waals surface area contributed by atoms with E-state index in [0.29, 0.717) is 46.9 Å². The normalized spacial score (nSPS) is 14.2. The fourth-order valence-corrected chi connectivity index (χ4v) is 4.16. The number of hydrogen-bond acceptors (Lipinski definition) is 6. The fourth-order valence-electron chi connectivity index (χ4n) is 3.31.